The number of aromatic carboxylic acids is 1. The first-order valence-electron chi connectivity index (χ1n) is 7.00. The average molecular weight is 311 g/mol. The van der Waals surface area contributed by atoms with E-state index in [0.29, 0.717) is 6.54 Å². The second kappa shape index (κ2) is 6.15. The topological polar surface area (TPSA) is 74.7 Å². The van der Waals surface area contributed by atoms with Gasteiger partial charge in [0.1, 0.15) is 0 Å². The average Bonchev–Trinajstić information content (AvgIpc) is 2.88. The fraction of sp³-hybridized carbons (Fsp3) is 0.533. The summed E-state index contributed by atoms with van der Waals surface area (Å²) in [7, 11) is -1.10. The van der Waals surface area contributed by atoms with Crippen molar-refractivity contribution >= 4 is 15.8 Å². The van der Waals surface area contributed by atoms with E-state index in [0.717, 1.165) is 24.8 Å². The molecule has 6 heteroatoms. The van der Waals surface area contributed by atoms with Gasteiger partial charge >= 0.3 is 5.97 Å². The van der Waals surface area contributed by atoms with Gasteiger partial charge in [0.15, 0.2) is 9.84 Å². The zero-order chi connectivity index (χ0) is 15.6. The van der Waals surface area contributed by atoms with Gasteiger partial charge in [0, 0.05) is 18.8 Å². The van der Waals surface area contributed by atoms with Gasteiger partial charge in [0.2, 0.25) is 0 Å². The fourth-order valence-corrected chi connectivity index (χ4v) is 4.58. The Morgan fingerprint density at radius 2 is 1.90 bits per heavy atom. The van der Waals surface area contributed by atoms with Crippen LogP contribution in [-0.2, 0) is 16.4 Å². The predicted octanol–water partition coefficient (Wildman–Crippen LogP) is 1.78. The van der Waals surface area contributed by atoms with E-state index in [2.05, 4.69) is 4.90 Å². The van der Waals surface area contributed by atoms with Crippen LogP contribution >= 0.6 is 0 Å². The maximum atomic E-state index is 11.8. The van der Waals surface area contributed by atoms with E-state index < -0.39 is 15.8 Å². The predicted molar refractivity (Wildman–Crippen MR) is 81.1 cm³/mol. The van der Waals surface area contributed by atoms with Gasteiger partial charge in [-0.05, 0) is 37.6 Å². The highest BCUT2D eigenvalue weighted by Gasteiger charge is 2.36. The van der Waals surface area contributed by atoms with Crippen molar-refractivity contribution in [1.82, 2.24) is 4.90 Å². The Balaban J connectivity index is 2.07. The zero-order valence-corrected chi connectivity index (χ0v) is 13.1. The summed E-state index contributed by atoms with van der Waals surface area (Å²) in [5.74, 6) is -0.942. The van der Waals surface area contributed by atoms with Crippen LogP contribution in [0.15, 0.2) is 24.3 Å². The summed E-state index contributed by atoms with van der Waals surface area (Å²) >= 11 is 0. The highest BCUT2D eigenvalue weighted by atomic mass is 32.2. The van der Waals surface area contributed by atoms with Crippen molar-refractivity contribution in [3.63, 3.8) is 0 Å². The van der Waals surface area contributed by atoms with Gasteiger partial charge in [0.25, 0.3) is 0 Å². The minimum atomic E-state index is -3.03. The third-order valence-electron chi connectivity index (χ3n) is 4.17. The lowest BCUT2D eigenvalue weighted by Crippen LogP contribution is -2.40. The molecule has 116 valence electrons. The second-order valence-corrected chi connectivity index (χ2v) is 8.05. The van der Waals surface area contributed by atoms with Crippen LogP contribution < -0.4 is 0 Å². The van der Waals surface area contributed by atoms with Gasteiger partial charge in [-0.3, -0.25) is 4.90 Å². The molecule has 0 aliphatic heterocycles. The lowest BCUT2D eigenvalue weighted by atomic mass is 10.1. The van der Waals surface area contributed by atoms with Gasteiger partial charge in [0.05, 0.1) is 10.8 Å². The monoisotopic (exact) mass is 311 g/mol. The summed E-state index contributed by atoms with van der Waals surface area (Å²) < 4.78 is 23.7. The lowest BCUT2D eigenvalue weighted by Gasteiger charge is -2.28. The van der Waals surface area contributed by atoms with Crippen molar-refractivity contribution in [2.45, 2.75) is 37.1 Å². The molecular weight excluding hydrogens is 290 g/mol. The lowest BCUT2D eigenvalue weighted by molar-refractivity contribution is 0.0697. The molecule has 2 rings (SSSR count). The van der Waals surface area contributed by atoms with Gasteiger partial charge in [-0.25, -0.2) is 13.2 Å². The summed E-state index contributed by atoms with van der Waals surface area (Å²) in [5.41, 5.74) is 1.25. The molecule has 0 bridgehead atoms. The number of carboxylic acids is 1. The quantitative estimate of drug-likeness (QED) is 0.897. The van der Waals surface area contributed by atoms with Crippen molar-refractivity contribution in [1.29, 1.82) is 0 Å². The molecule has 1 aromatic rings. The van der Waals surface area contributed by atoms with E-state index in [4.69, 9.17) is 5.11 Å². The number of rotatable bonds is 5. The maximum Gasteiger partial charge on any atom is 0.335 e. The molecule has 0 heterocycles. The number of benzene rings is 1. The maximum absolute atomic E-state index is 11.8. The van der Waals surface area contributed by atoms with E-state index in [1.54, 1.807) is 24.3 Å². The Labute approximate surface area is 125 Å². The Hall–Kier alpha value is -1.40. The molecule has 0 amide bonds. The molecule has 5 nitrogen and oxygen atoms in total. The smallest absolute Gasteiger partial charge is 0.335 e. The molecule has 0 radical (unpaired) electrons. The van der Waals surface area contributed by atoms with Crippen molar-refractivity contribution in [3.05, 3.63) is 35.4 Å². The molecule has 1 aliphatic rings. The fourth-order valence-electron chi connectivity index (χ4n) is 3.07. The number of carbonyl (C=O) groups is 1. The Morgan fingerprint density at radius 1 is 1.29 bits per heavy atom. The van der Waals surface area contributed by atoms with E-state index in [-0.39, 0.29) is 16.9 Å². The molecule has 1 aromatic carbocycles. The van der Waals surface area contributed by atoms with Gasteiger partial charge in [-0.1, -0.05) is 18.6 Å². The van der Waals surface area contributed by atoms with Crippen molar-refractivity contribution in [2.24, 2.45) is 0 Å². The molecule has 1 aliphatic carbocycles. The minimum absolute atomic E-state index is 0.0409. The Morgan fingerprint density at radius 3 is 2.43 bits per heavy atom. The molecule has 1 N–H and O–H groups in total. The molecule has 2 unspecified atom stereocenters. The van der Waals surface area contributed by atoms with Crippen LogP contribution in [0.3, 0.4) is 0 Å². The molecule has 0 saturated heterocycles. The number of hydrogen-bond donors (Lipinski definition) is 1. The van der Waals surface area contributed by atoms with Crippen LogP contribution in [0.4, 0.5) is 0 Å². The molecule has 1 fully saturated rings. The SMILES string of the molecule is CN(Cc1ccc(C(=O)O)cc1)C1CCCC1S(C)(=O)=O. The summed E-state index contributed by atoms with van der Waals surface area (Å²) in [6.45, 7) is 0.622. The van der Waals surface area contributed by atoms with E-state index in [1.165, 1.54) is 6.26 Å². The summed E-state index contributed by atoms with van der Waals surface area (Å²) in [4.78, 5) is 12.9. The van der Waals surface area contributed by atoms with Gasteiger partial charge in [-0.15, -0.1) is 0 Å². The standard InChI is InChI=1S/C15H21NO4S/c1-16(13-4-3-5-14(13)21(2,19)20)10-11-6-8-12(9-7-11)15(17)18/h6-9,13-14H,3-5,10H2,1-2H3,(H,17,18). The normalized spacial score (nSPS) is 22.6. The van der Waals surface area contributed by atoms with Crippen LogP contribution in [0.2, 0.25) is 0 Å². The first-order chi connectivity index (χ1) is 9.79. The molecule has 0 aromatic heterocycles. The second-order valence-electron chi connectivity index (χ2n) is 5.78. The van der Waals surface area contributed by atoms with Crippen LogP contribution in [0.1, 0.15) is 35.2 Å². The largest absolute Gasteiger partial charge is 0.478 e. The van der Waals surface area contributed by atoms with Gasteiger partial charge < -0.3 is 5.11 Å². The Kier molecular flexibility index (Phi) is 4.68. The van der Waals surface area contributed by atoms with Gasteiger partial charge in [-0.2, -0.15) is 0 Å². The third kappa shape index (κ3) is 3.83. The van der Waals surface area contributed by atoms with Crippen LogP contribution in [0.25, 0.3) is 0 Å². The number of sulfone groups is 1. The van der Waals surface area contributed by atoms with Crippen LogP contribution in [0, 0.1) is 0 Å². The van der Waals surface area contributed by atoms with E-state index in [9.17, 15) is 13.2 Å². The Bertz CT molecular complexity index is 609. The van der Waals surface area contributed by atoms with Crippen molar-refractivity contribution < 1.29 is 18.3 Å². The molecular formula is C15H21NO4S. The summed E-state index contributed by atoms with van der Waals surface area (Å²) in [6, 6.07) is 6.76. The summed E-state index contributed by atoms with van der Waals surface area (Å²) in [5, 5.41) is 8.59. The van der Waals surface area contributed by atoms with E-state index >= 15 is 0 Å². The molecule has 0 spiro atoms. The number of nitrogens with zero attached hydrogens (tertiary/aromatic N) is 1. The molecule has 1 saturated carbocycles. The number of carboxylic acid groups (broad SMARTS) is 1. The van der Waals surface area contributed by atoms with E-state index in [1.807, 2.05) is 7.05 Å². The number of hydrogen-bond acceptors (Lipinski definition) is 4. The van der Waals surface area contributed by atoms with Crippen molar-refractivity contribution in [3.8, 4) is 0 Å². The highest BCUT2D eigenvalue weighted by Crippen LogP contribution is 2.29. The molecule has 21 heavy (non-hydrogen) atoms. The first kappa shape index (κ1) is 16.0. The summed E-state index contributed by atoms with van der Waals surface area (Å²) in [6.07, 6.45) is 3.86. The molecule has 2 atom stereocenters. The van der Waals surface area contributed by atoms with Crippen LogP contribution in [0.5, 0.6) is 0 Å². The highest BCUT2D eigenvalue weighted by molar-refractivity contribution is 7.91. The van der Waals surface area contributed by atoms with Crippen LogP contribution in [-0.4, -0.2) is 49.0 Å². The third-order valence-corrected chi connectivity index (χ3v) is 5.82. The van der Waals surface area contributed by atoms with Crippen molar-refractivity contribution in [2.75, 3.05) is 13.3 Å². The minimum Gasteiger partial charge on any atom is -0.478 e. The zero-order valence-electron chi connectivity index (χ0n) is 12.3. The first-order valence-corrected chi connectivity index (χ1v) is 8.96.